The van der Waals surface area contributed by atoms with E-state index in [4.69, 9.17) is 9.84 Å². The van der Waals surface area contributed by atoms with Crippen molar-refractivity contribution in [3.05, 3.63) is 65.2 Å². The lowest BCUT2D eigenvalue weighted by Crippen LogP contribution is -2.32. The lowest BCUT2D eigenvalue weighted by molar-refractivity contribution is -0.139. The number of aliphatic carboxylic acids is 1. The number of benzene rings is 2. The maximum Gasteiger partial charge on any atom is 0.341 e. The number of carbonyl (C=O) groups excluding carboxylic acids is 1. The Bertz CT molecular complexity index is 781. The number of rotatable bonds is 8. The van der Waals surface area contributed by atoms with Gasteiger partial charge in [-0.15, -0.1) is 0 Å². The average molecular weight is 353 g/mol. The molecular weight excluding hydrogens is 330 g/mol. The molecule has 26 heavy (non-hydrogen) atoms. The van der Waals surface area contributed by atoms with Crippen molar-refractivity contribution in [1.82, 2.24) is 4.90 Å². The monoisotopic (exact) mass is 353 g/mol. The minimum Gasteiger partial charge on any atom is -0.482 e. The van der Waals surface area contributed by atoms with E-state index in [1.807, 2.05) is 4.90 Å². The largest absolute Gasteiger partial charge is 0.482 e. The van der Waals surface area contributed by atoms with E-state index in [0.29, 0.717) is 17.9 Å². The molecule has 136 valence electrons. The standard InChI is InChI=1S/C21H23NO4/c1-2-15-6-8-16(9-7-15)13-22(18-10-11-18)21(25)17-4-3-5-19(12-17)26-14-20(23)24/h3-9,12,18H,2,10-11,13-14H2,1H3,(H,23,24). The molecule has 5 heteroatoms. The first-order valence-electron chi connectivity index (χ1n) is 8.90. The first-order valence-corrected chi connectivity index (χ1v) is 8.90. The van der Waals surface area contributed by atoms with E-state index in [9.17, 15) is 9.59 Å². The number of hydrogen-bond donors (Lipinski definition) is 1. The molecule has 1 N–H and O–H groups in total. The predicted octanol–water partition coefficient (Wildman–Crippen LogP) is 3.52. The number of aryl methyl sites for hydroxylation is 1. The molecule has 0 aliphatic heterocycles. The van der Waals surface area contributed by atoms with E-state index in [-0.39, 0.29) is 11.9 Å². The highest BCUT2D eigenvalue weighted by molar-refractivity contribution is 5.95. The Morgan fingerprint density at radius 3 is 2.42 bits per heavy atom. The van der Waals surface area contributed by atoms with Crippen molar-refractivity contribution >= 4 is 11.9 Å². The van der Waals surface area contributed by atoms with Crippen molar-refractivity contribution in [2.75, 3.05) is 6.61 Å². The van der Waals surface area contributed by atoms with Gasteiger partial charge < -0.3 is 14.7 Å². The molecule has 0 heterocycles. The van der Waals surface area contributed by atoms with Gasteiger partial charge in [-0.05, 0) is 48.6 Å². The van der Waals surface area contributed by atoms with Crippen LogP contribution in [-0.2, 0) is 17.8 Å². The molecule has 1 fully saturated rings. The predicted molar refractivity (Wildman–Crippen MR) is 98.3 cm³/mol. The van der Waals surface area contributed by atoms with Crippen LogP contribution in [0, 0.1) is 0 Å². The van der Waals surface area contributed by atoms with Crippen LogP contribution in [0.2, 0.25) is 0 Å². The molecule has 0 unspecified atom stereocenters. The highest BCUT2D eigenvalue weighted by Crippen LogP contribution is 2.30. The Balaban J connectivity index is 1.74. The van der Waals surface area contributed by atoms with Crippen LogP contribution in [0.1, 0.15) is 41.3 Å². The molecular formula is C21H23NO4. The molecule has 1 amide bonds. The van der Waals surface area contributed by atoms with Crippen LogP contribution < -0.4 is 4.74 Å². The molecule has 1 aliphatic carbocycles. The highest BCUT2D eigenvalue weighted by Gasteiger charge is 2.33. The molecule has 0 bridgehead atoms. The molecule has 2 aromatic rings. The quantitative estimate of drug-likeness (QED) is 0.788. The highest BCUT2D eigenvalue weighted by atomic mass is 16.5. The zero-order chi connectivity index (χ0) is 18.5. The number of nitrogens with zero attached hydrogens (tertiary/aromatic N) is 1. The van der Waals surface area contributed by atoms with Gasteiger partial charge in [-0.25, -0.2) is 4.79 Å². The van der Waals surface area contributed by atoms with Gasteiger partial charge >= 0.3 is 5.97 Å². The lowest BCUT2D eigenvalue weighted by Gasteiger charge is -2.23. The van der Waals surface area contributed by atoms with Crippen molar-refractivity contribution < 1.29 is 19.4 Å². The van der Waals surface area contributed by atoms with Gasteiger partial charge in [0.25, 0.3) is 5.91 Å². The summed E-state index contributed by atoms with van der Waals surface area (Å²) in [6, 6.07) is 15.4. The van der Waals surface area contributed by atoms with Gasteiger partial charge in [0.2, 0.25) is 0 Å². The number of hydrogen-bond acceptors (Lipinski definition) is 3. The molecule has 0 radical (unpaired) electrons. The molecule has 1 saturated carbocycles. The van der Waals surface area contributed by atoms with Crippen LogP contribution in [0.3, 0.4) is 0 Å². The van der Waals surface area contributed by atoms with Crippen molar-refractivity contribution in [2.45, 2.75) is 38.8 Å². The van der Waals surface area contributed by atoms with Crippen molar-refractivity contribution in [3.63, 3.8) is 0 Å². The summed E-state index contributed by atoms with van der Waals surface area (Å²) >= 11 is 0. The van der Waals surface area contributed by atoms with E-state index in [1.54, 1.807) is 24.3 Å². The van der Waals surface area contributed by atoms with E-state index < -0.39 is 12.6 Å². The van der Waals surface area contributed by atoms with Crippen LogP contribution in [-0.4, -0.2) is 34.5 Å². The second kappa shape index (κ2) is 8.04. The topological polar surface area (TPSA) is 66.8 Å². The first kappa shape index (κ1) is 18.0. The Kier molecular flexibility index (Phi) is 5.56. The fourth-order valence-electron chi connectivity index (χ4n) is 2.86. The smallest absolute Gasteiger partial charge is 0.341 e. The summed E-state index contributed by atoms with van der Waals surface area (Å²) in [6.07, 6.45) is 3.04. The third-order valence-corrected chi connectivity index (χ3v) is 4.48. The summed E-state index contributed by atoms with van der Waals surface area (Å²) in [5.74, 6) is -0.703. The number of ether oxygens (including phenoxy) is 1. The van der Waals surface area contributed by atoms with Gasteiger partial charge in [0.15, 0.2) is 6.61 Å². The van der Waals surface area contributed by atoms with Gasteiger partial charge in [0.1, 0.15) is 5.75 Å². The summed E-state index contributed by atoms with van der Waals surface area (Å²) in [4.78, 5) is 25.5. The summed E-state index contributed by atoms with van der Waals surface area (Å²) in [5.41, 5.74) is 2.91. The molecule has 0 aromatic heterocycles. The Morgan fingerprint density at radius 2 is 1.81 bits per heavy atom. The Labute approximate surface area is 153 Å². The molecule has 0 spiro atoms. The molecule has 1 aliphatic rings. The lowest BCUT2D eigenvalue weighted by atomic mass is 10.1. The second-order valence-electron chi connectivity index (χ2n) is 6.54. The van der Waals surface area contributed by atoms with E-state index >= 15 is 0 Å². The summed E-state index contributed by atoms with van der Waals surface area (Å²) in [6.45, 7) is 2.27. The molecule has 3 rings (SSSR count). The maximum atomic E-state index is 13.0. The van der Waals surface area contributed by atoms with Crippen LogP contribution in [0.5, 0.6) is 5.75 Å². The number of carboxylic acids is 1. The van der Waals surface area contributed by atoms with Crippen molar-refractivity contribution in [2.24, 2.45) is 0 Å². The van der Waals surface area contributed by atoms with Crippen LogP contribution in [0.25, 0.3) is 0 Å². The van der Waals surface area contributed by atoms with Crippen LogP contribution >= 0.6 is 0 Å². The fraction of sp³-hybridized carbons (Fsp3) is 0.333. The van der Waals surface area contributed by atoms with E-state index in [2.05, 4.69) is 31.2 Å². The van der Waals surface area contributed by atoms with Gasteiger partial charge in [-0.3, -0.25) is 4.79 Å². The van der Waals surface area contributed by atoms with Crippen molar-refractivity contribution in [3.8, 4) is 5.75 Å². The Morgan fingerprint density at radius 1 is 1.12 bits per heavy atom. The molecule has 0 atom stereocenters. The zero-order valence-electron chi connectivity index (χ0n) is 14.9. The average Bonchev–Trinajstić information content (AvgIpc) is 3.49. The van der Waals surface area contributed by atoms with E-state index in [1.165, 1.54) is 5.56 Å². The van der Waals surface area contributed by atoms with E-state index in [0.717, 1.165) is 24.8 Å². The first-order chi connectivity index (χ1) is 12.6. The second-order valence-corrected chi connectivity index (χ2v) is 6.54. The zero-order valence-corrected chi connectivity index (χ0v) is 14.9. The summed E-state index contributed by atoms with van der Waals surface area (Å²) < 4.78 is 5.19. The minimum atomic E-state index is -1.04. The summed E-state index contributed by atoms with van der Waals surface area (Å²) in [5, 5.41) is 8.72. The number of carboxylic acid groups (broad SMARTS) is 1. The normalized spacial score (nSPS) is 13.3. The molecule has 0 saturated heterocycles. The van der Waals surface area contributed by atoms with Crippen molar-refractivity contribution in [1.29, 1.82) is 0 Å². The van der Waals surface area contributed by atoms with Gasteiger partial charge in [0, 0.05) is 18.2 Å². The molecule has 2 aromatic carbocycles. The third-order valence-electron chi connectivity index (χ3n) is 4.48. The number of carbonyl (C=O) groups is 2. The minimum absolute atomic E-state index is 0.0483. The van der Waals surface area contributed by atoms with Crippen LogP contribution in [0.4, 0.5) is 0 Å². The van der Waals surface area contributed by atoms with Gasteiger partial charge in [-0.1, -0.05) is 37.3 Å². The number of amides is 1. The Hall–Kier alpha value is -2.82. The van der Waals surface area contributed by atoms with Gasteiger partial charge in [-0.2, -0.15) is 0 Å². The molecule has 5 nitrogen and oxygen atoms in total. The van der Waals surface area contributed by atoms with Gasteiger partial charge in [0.05, 0.1) is 0 Å². The third kappa shape index (κ3) is 4.63. The van der Waals surface area contributed by atoms with Crippen LogP contribution in [0.15, 0.2) is 48.5 Å². The maximum absolute atomic E-state index is 13.0. The summed E-state index contributed by atoms with van der Waals surface area (Å²) in [7, 11) is 0. The fourth-order valence-corrected chi connectivity index (χ4v) is 2.86. The SMILES string of the molecule is CCc1ccc(CN(C(=O)c2cccc(OCC(=O)O)c2)C2CC2)cc1.